The Morgan fingerprint density at radius 3 is 2.81 bits per heavy atom. The van der Waals surface area contributed by atoms with Crippen molar-refractivity contribution in [3.8, 4) is 0 Å². The Hall–Kier alpha value is -1.14. The molecule has 1 aromatic rings. The van der Waals surface area contributed by atoms with Crippen molar-refractivity contribution in [1.29, 1.82) is 0 Å². The molecule has 2 rings (SSSR count). The van der Waals surface area contributed by atoms with Gasteiger partial charge in [-0.3, -0.25) is 10.1 Å². The van der Waals surface area contributed by atoms with Crippen molar-refractivity contribution in [2.75, 3.05) is 12.9 Å². The Morgan fingerprint density at radius 1 is 1.57 bits per heavy atom. The summed E-state index contributed by atoms with van der Waals surface area (Å²) in [5.41, 5.74) is 0.292. The number of carbonyl (C=O) groups excluding carboxylic acids is 1. The van der Waals surface area contributed by atoms with Gasteiger partial charge in [-0.2, -0.15) is 0 Å². The van der Waals surface area contributed by atoms with Crippen LogP contribution in [0.5, 0.6) is 0 Å². The van der Waals surface area contributed by atoms with Crippen molar-refractivity contribution in [1.82, 2.24) is 15.3 Å². The van der Waals surface area contributed by atoms with Gasteiger partial charge in [-0.15, -0.1) is 0 Å². The first-order valence-corrected chi connectivity index (χ1v) is 8.25. The minimum atomic E-state index is -0.638. The lowest BCUT2D eigenvalue weighted by Gasteiger charge is -2.33. The van der Waals surface area contributed by atoms with Gasteiger partial charge in [0, 0.05) is 23.7 Å². The summed E-state index contributed by atoms with van der Waals surface area (Å²) in [6, 6.07) is 2.08. The summed E-state index contributed by atoms with van der Waals surface area (Å²) in [6.07, 6.45) is 3.87. The maximum absolute atomic E-state index is 12.4. The lowest BCUT2D eigenvalue weighted by atomic mass is 9.94. The highest BCUT2D eigenvalue weighted by Gasteiger charge is 2.52. The molecule has 1 unspecified atom stereocenters. The van der Waals surface area contributed by atoms with E-state index in [1.807, 2.05) is 26.8 Å². The van der Waals surface area contributed by atoms with Gasteiger partial charge in [0.25, 0.3) is 0 Å². The number of methoxy groups -OCH3 is 1. The smallest absolute Gasteiger partial charge is 0.327 e. The summed E-state index contributed by atoms with van der Waals surface area (Å²) in [7, 11) is 1.45. The predicted octanol–water partition coefficient (Wildman–Crippen LogP) is 2.20. The molecule has 0 bridgehead atoms. The lowest BCUT2D eigenvalue weighted by Crippen LogP contribution is -2.59. The van der Waals surface area contributed by atoms with Gasteiger partial charge in [-0.25, -0.2) is 9.97 Å². The second-order valence-electron chi connectivity index (χ2n) is 5.81. The van der Waals surface area contributed by atoms with E-state index in [2.05, 4.69) is 15.3 Å². The molecule has 1 aromatic heterocycles. The van der Waals surface area contributed by atoms with Crippen molar-refractivity contribution in [2.45, 2.75) is 50.4 Å². The molecule has 0 amide bonds. The summed E-state index contributed by atoms with van der Waals surface area (Å²) in [4.78, 5) is 21.1. The SMILES string of the molecule is COC(=O)C(CSc1nccc(C)n1)(NC(C)C)C1CC1. The summed E-state index contributed by atoms with van der Waals surface area (Å²) >= 11 is 1.51. The van der Waals surface area contributed by atoms with E-state index in [4.69, 9.17) is 4.74 Å². The molecule has 0 aromatic carbocycles. The van der Waals surface area contributed by atoms with Crippen LogP contribution in [0.25, 0.3) is 0 Å². The van der Waals surface area contributed by atoms with E-state index in [0.717, 1.165) is 18.5 Å². The number of aromatic nitrogens is 2. The molecule has 21 heavy (non-hydrogen) atoms. The number of esters is 1. The van der Waals surface area contributed by atoms with E-state index in [0.29, 0.717) is 16.8 Å². The van der Waals surface area contributed by atoms with Crippen molar-refractivity contribution in [3.05, 3.63) is 18.0 Å². The summed E-state index contributed by atoms with van der Waals surface area (Å²) in [6.45, 7) is 6.04. The maximum Gasteiger partial charge on any atom is 0.327 e. The van der Waals surface area contributed by atoms with Crippen LogP contribution in [-0.2, 0) is 9.53 Å². The van der Waals surface area contributed by atoms with Crippen LogP contribution in [0.1, 0.15) is 32.4 Å². The van der Waals surface area contributed by atoms with Crippen LogP contribution in [0.4, 0.5) is 0 Å². The van der Waals surface area contributed by atoms with E-state index >= 15 is 0 Å². The molecule has 0 radical (unpaired) electrons. The Kier molecular flexibility index (Phi) is 5.22. The van der Waals surface area contributed by atoms with E-state index in [1.54, 1.807) is 6.20 Å². The molecule has 1 aliphatic carbocycles. The Morgan fingerprint density at radius 2 is 2.29 bits per heavy atom. The largest absolute Gasteiger partial charge is 0.468 e. The summed E-state index contributed by atoms with van der Waals surface area (Å²) in [5, 5.41) is 4.14. The highest BCUT2D eigenvalue weighted by Crippen LogP contribution is 2.43. The number of thioether (sulfide) groups is 1. The van der Waals surface area contributed by atoms with Gasteiger partial charge in [0.1, 0.15) is 5.54 Å². The number of ether oxygens (including phenoxy) is 1. The van der Waals surface area contributed by atoms with E-state index < -0.39 is 5.54 Å². The van der Waals surface area contributed by atoms with Crippen LogP contribution in [-0.4, -0.2) is 40.4 Å². The molecule has 5 nitrogen and oxygen atoms in total. The first-order chi connectivity index (χ1) is 9.98. The molecule has 1 heterocycles. The van der Waals surface area contributed by atoms with E-state index in [-0.39, 0.29) is 12.0 Å². The first-order valence-electron chi connectivity index (χ1n) is 7.26. The Labute approximate surface area is 130 Å². The average Bonchev–Trinajstić information content (AvgIpc) is 3.27. The lowest BCUT2D eigenvalue weighted by molar-refractivity contribution is -0.148. The van der Waals surface area contributed by atoms with Crippen molar-refractivity contribution < 1.29 is 9.53 Å². The number of hydrogen-bond donors (Lipinski definition) is 1. The Bertz CT molecular complexity index is 505. The van der Waals surface area contributed by atoms with Crippen molar-refractivity contribution in [3.63, 3.8) is 0 Å². The first kappa shape index (κ1) is 16.2. The fourth-order valence-electron chi connectivity index (χ4n) is 2.51. The second-order valence-corrected chi connectivity index (χ2v) is 6.75. The van der Waals surface area contributed by atoms with Gasteiger partial charge < -0.3 is 4.74 Å². The molecule has 1 fully saturated rings. The highest BCUT2D eigenvalue weighted by atomic mass is 32.2. The minimum absolute atomic E-state index is 0.182. The topological polar surface area (TPSA) is 64.1 Å². The van der Waals surface area contributed by atoms with Crippen LogP contribution in [0.15, 0.2) is 17.4 Å². The molecule has 1 aliphatic rings. The van der Waals surface area contributed by atoms with Gasteiger partial charge in [0.2, 0.25) is 0 Å². The zero-order chi connectivity index (χ0) is 15.5. The standard InChI is InChI=1S/C15H23N3O2S/c1-10(2)18-15(12-5-6-12,13(19)20-4)9-21-14-16-8-7-11(3)17-14/h7-8,10,12,18H,5-6,9H2,1-4H3. The van der Waals surface area contributed by atoms with Crippen LogP contribution < -0.4 is 5.32 Å². The fourth-order valence-corrected chi connectivity index (χ4v) is 3.65. The average molecular weight is 309 g/mol. The van der Waals surface area contributed by atoms with Crippen LogP contribution >= 0.6 is 11.8 Å². The van der Waals surface area contributed by atoms with Gasteiger partial charge in [0.15, 0.2) is 5.16 Å². The molecule has 0 aliphatic heterocycles. The summed E-state index contributed by atoms with van der Waals surface area (Å²) < 4.78 is 5.07. The number of carbonyl (C=O) groups is 1. The molecule has 1 saturated carbocycles. The minimum Gasteiger partial charge on any atom is -0.468 e. The maximum atomic E-state index is 12.4. The quantitative estimate of drug-likeness (QED) is 0.473. The second kappa shape index (κ2) is 6.75. The van der Waals surface area contributed by atoms with Crippen molar-refractivity contribution >= 4 is 17.7 Å². The third-order valence-corrected chi connectivity index (χ3v) is 4.63. The number of rotatable bonds is 7. The molecular weight excluding hydrogens is 286 g/mol. The number of hydrogen-bond acceptors (Lipinski definition) is 6. The zero-order valence-electron chi connectivity index (χ0n) is 13.0. The molecule has 1 N–H and O–H groups in total. The van der Waals surface area contributed by atoms with Crippen LogP contribution in [0.2, 0.25) is 0 Å². The zero-order valence-corrected chi connectivity index (χ0v) is 13.9. The highest BCUT2D eigenvalue weighted by molar-refractivity contribution is 7.99. The molecule has 6 heteroatoms. The number of nitrogens with zero attached hydrogens (tertiary/aromatic N) is 2. The fraction of sp³-hybridized carbons (Fsp3) is 0.667. The van der Waals surface area contributed by atoms with Crippen molar-refractivity contribution in [2.24, 2.45) is 5.92 Å². The number of aryl methyl sites for hydroxylation is 1. The Balaban J connectivity index is 2.16. The van der Waals surface area contributed by atoms with E-state index in [9.17, 15) is 4.79 Å². The molecule has 1 atom stereocenters. The van der Waals surface area contributed by atoms with E-state index in [1.165, 1.54) is 18.9 Å². The normalized spacial score (nSPS) is 17.6. The van der Waals surface area contributed by atoms with Gasteiger partial charge in [-0.05, 0) is 45.6 Å². The predicted molar refractivity (Wildman–Crippen MR) is 83.2 cm³/mol. The third kappa shape index (κ3) is 3.95. The van der Waals surface area contributed by atoms with Crippen LogP contribution in [0.3, 0.4) is 0 Å². The van der Waals surface area contributed by atoms with Gasteiger partial charge in [0.05, 0.1) is 7.11 Å². The third-order valence-electron chi connectivity index (χ3n) is 3.57. The molecule has 0 saturated heterocycles. The monoisotopic (exact) mass is 309 g/mol. The summed E-state index contributed by atoms with van der Waals surface area (Å²) in [5.74, 6) is 0.745. The van der Waals surface area contributed by atoms with Crippen LogP contribution in [0, 0.1) is 12.8 Å². The molecular formula is C15H23N3O2S. The number of nitrogens with one attached hydrogen (secondary N) is 1. The molecule has 116 valence electrons. The van der Waals surface area contributed by atoms with Gasteiger partial charge in [-0.1, -0.05) is 11.8 Å². The van der Waals surface area contributed by atoms with Gasteiger partial charge >= 0.3 is 5.97 Å². The molecule has 0 spiro atoms.